The van der Waals surface area contributed by atoms with Crippen molar-refractivity contribution in [2.24, 2.45) is 22.6 Å². The molecule has 0 spiro atoms. The molecule has 1 aromatic carbocycles. The van der Waals surface area contributed by atoms with Crippen LogP contribution in [-0.2, 0) is 4.79 Å². The van der Waals surface area contributed by atoms with Gasteiger partial charge in [0.2, 0.25) is 5.91 Å². The Morgan fingerprint density at radius 1 is 1.33 bits per heavy atom. The quantitative estimate of drug-likeness (QED) is 0.420. The Labute approximate surface area is 165 Å². The molecule has 2 rings (SSSR count). The SMILES string of the molecule is C=CC(C)C(C(N)=O)C(CCC)=Nc1cccc(C)c1C(C)=C1CC1.CC. The van der Waals surface area contributed by atoms with E-state index >= 15 is 0 Å². The summed E-state index contributed by atoms with van der Waals surface area (Å²) >= 11 is 0. The molecule has 27 heavy (non-hydrogen) atoms. The van der Waals surface area contributed by atoms with Gasteiger partial charge in [0, 0.05) is 11.3 Å². The highest BCUT2D eigenvalue weighted by Crippen LogP contribution is 2.40. The molecule has 3 heteroatoms. The van der Waals surface area contributed by atoms with Crippen LogP contribution in [0.3, 0.4) is 0 Å². The van der Waals surface area contributed by atoms with E-state index in [9.17, 15) is 4.79 Å². The number of carbonyl (C=O) groups excluding carboxylic acids is 1. The van der Waals surface area contributed by atoms with Crippen LogP contribution in [0.15, 0.2) is 41.4 Å². The maximum Gasteiger partial charge on any atom is 0.226 e. The molecule has 1 aliphatic carbocycles. The second-order valence-corrected chi connectivity index (χ2v) is 7.03. The molecule has 148 valence electrons. The number of amides is 1. The summed E-state index contributed by atoms with van der Waals surface area (Å²) in [6, 6.07) is 6.20. The average molecular weight is 369 g/mol. The van der Waals surface area contributed by atoms with Crippen LogP contribution in [0.4, 0.5) is 5.69 Å². The van der Waals surface area contributed by atoms with Crippen molar-refractivity contribution in [1.29, 1.82) is 0 Å². The molecular weight excluding hydrogens is 332 g/mol. The molecule has 2 atom stereocenters. The van der Waals surface area contributed by atoms with Crippen molar-refractivity contribution in [2.75, 3.05) is 0 Å². The van der Waals surface area contributed by atoms with Crippen LogP contribution in [0.25, 0.3) is 5.57 Å². The number of carbonyl (C=O) groups is 1. The first-order valence-corrected chi connectivity index (χ1v) is 10.2. The van der Waals surface area contributed by atoms with E-state index < -0.39 is 5.92 Å². The van der Waals surface area contributed by atoms with Crippen molar-refractivity contribution in [2.45, 2.75) is 67.2 Å². The van der Waals surface area contributed by atoms with Crippen molar-refractivity contribution in [3.63, 3.8) is 0 Å². The topological polar surface area (TPSA) is 55.5 Å². The van der Waals surface area contributed by atoms with Crippen molar-refractivity contribution in [3.8, 4) is 0 Å². The zero-order valence-corrected chi connectivity index (χ0v) is 17.9. The molecule has 1 saturated carbocycles. The molecule has 0 aromatic heterocycles. The van der Waals surface area contributed by atoms with Gasteiger partial charge in [-0.05, 0) is 56.2 Å². The second-order valence-electron chi connectivity index (χ2n) is 7.03. The third-order valence-corrected chi connectivity index (χ3v) is 4.99. The van der Waals surface area contributed by atoms with Crippen LogP contribution in [0.5, 0.6) is 0 Å². The number of nitrogens with two attached hydrogens (primary N) is 1. The van der Waals surface area contributed by atoms with E-state index in [1.165, 1.54) is 35.1 Å². The highest BCUT2D eigenvalue weighted by molar-refractivity contribution is 6.05. The lowest BCUT2D eigenvalue weighted by molar-refractivity contribution is -0.120. The lowest BCUT2D eigenvalue weighted by Gasteiger charge is -2.21. The molecule has 1 amide bonds. The number of hydrogen-bond acceptors (Lipinski definition) is 2. The molecule has 3 nitrogen and oxygen atoms in total. The Balaban J connectivity index is 0.00000176. The Morgan fingerprint density at radius 2 is 1.96 bits per heavy atom. The van der Waals surface area contributed by atoms with Crippen LogP contribution < -0.4 is 5.73 Å². The van der Waals surface area contributed by atoms with E-state index in [0.717, 1.165) is 24.2 Å². The normalized spacial score (nSPS) is 15.3. The summed E-state index contributed by atoms with van der Waals surface area (Å²) in [5, 5.41) is 0. The first-order valence-electron chi connectivity index (χ1n) is 10.2. The number of aliphatic imine (C=N–C) groups is 1. The van der Waals surface area contributed by atoms with Gasteiger partial charge in [0.25, 0.3) is 0 Å². The third-order valence-electron chi connectivity index (χ3n) is 4.99. The maximum absolute atomic E-state index is 12.1. The number of allylic oxidation sites excluding steroid dienone is 3. The van der Waals surface area contributed by atoms with Gasteiger partial charge in [0.1, 0.15) is 0 Å². The summed E-state index contributed by atoms with van der Waals surface area (Å²) in [6.07, 6.45) is 5.84. The van der Waals surface area contributed by atoms with E-state index in [1.807, 2.05) is 32.9 Å². The minimum absolute atomic E-state index is 0.0288. The van der Waals surface area contributed by atoms with Gasteiger partial charge in [0.15, 0.2) is 0 Å². The molecule has 0 heterocycles. The number of nitrogens with zero attached hydrogens (tertiary/aromatic N) is 1. The van der Waals surface area contributed by atoms with Crippen molar-refractivity contribution < 1.29 is 4.79 Å². The Kier molecular flexibility index (Phi) is 9.20. The van der Waals surface area contributed by atoms with Crippen LogP contribution in [-0.4, -0.2) is 11.6 Å². The van der Waals surface area contributed by atoms with Crippen molar-refractivity contribution in [3.05, 3.63) is 47.6 Å². The van der Waals surface area contributed by atoms with E-state index in [1.54, 1.807) is 6.08 Å². The van der Waals surface area contributed by atoms with Gasteiger partial charge in [-0.15, -0.1) is 6.58 Å². The molecule has 0 saturated heterocycles. The molecule has 1 aliphatic rings. The second kappa shape index (κ2) is 10.9. The summed E-state index contributed by atoms with van der Waals surface area (Å²) in [5.41, 5.74) is 12.8. The van der Waals surface area contributed by atoms with Gasteiger partial charge in [0.05, 0.1) is 11.6 Å². The predicted molar refractivity (Wildman–Crippen MR) is 118 cm³/mol. The fourth-order valence-electron chi connectivity index (χ4n) is 3.40. The van der Waals surface area contributed by atoms with Crippen molar-refractivity contribution >= 4 is 22.9 Å². The standard InChI is InChI=1S/C22H30N2O.C2H6/c1-6-9-18(21(22(23)25)14(3)7-2)24-19-11-8-10-15(4)20(19)16(5)17-12-13-17;1-2/h7-8,10-11,14,21H,2,6,9,12-13H2,1,3-5H3,(H2,23,25);1-2H3. The van der Waals surface area contributed by atoms with Gasteiger partial charge in [-0.1, -0.05) is 57.9 Å². The number of rotatable bonds is 8. The number of primary amides is 1. The molecule has 2 unspecified atom stereocenters. The van der Waals surface area contributed by atoms with Gasteiger partial charge in [-0.2, -0.15) is 0 Å². The van der Waals surface area contributed by atoms with E-state index in [0.29, 0.717) is 0 Å². The molecule has 0 radical (unpaired) electrons. The number of aryl methyl sites for hydroxylation is 1. The zero-order valence-electron chi connectivity index (χ0n) is 17.9. The zero-order chi connectivity index (χ0) is 20.6. The summed E-state index contributed by atoms with van der Waals surface area (Å²) in [4.78, 5) is 17.1. The minimum atomic E-state index is -0.403. The van der Waals surface area contributed by atoms with Gasteiger partial charge >= 0.3 is 0 Å². The lowest BCUT2D eigenvalue weighted by atomic mass is 9.86. The highest BCUT2D eigenvalue weighted by Gasteiger charge is 2.27. The van der Waals surface area contributed by atoms with E-state index in [2.05, 4.69) is 33.4 Å². The fourth-order valence-corrected chi connectivity index (χ4v) is 3.40. The van der Waals surface area contributed by atoms with E-state index in [-0.39, 0.29) is 11.8 Å². The van der Waals surface area contributed by atoms with Crippen LogP contribution in [0, 0.1) is 18.8 Å². The smallest absolute Gasteiger partial charge is 0.226 e. The number of benzene rings is 1. The molecule has 0 bridgehead atoms. The summed E-state index contributed by atoms with van der Waals surface area (Å²) in [6.45, 7) is 16.2. The summed E-state index contributed by atoms with van der Waals surface area (Å²) in [5.74, 6) is -0.760. The molecule has 2 N–H and O–H groups in total. The Bertz CT molecular complexity index is 722. The Morgan fingerprint density at radius 3 is 2.44 bits per heavy atom. The Hall–Kier alpha value is -2.16. The molecule has 1 fully saturated rings. The first kappa shape index (κ1) is 22.9. The van der Waals surface area contributed by atoms with Crippen molar-refractivity contribution in [1.82, 2.24) is 0 Å². The highest BCUT2D eigenvalue weighted by atomic mass is 16.1. The van der Waals surface area contributed by atoms with Gasteiger partial charge in [-0.3, -0.25) is 9.79 Å². The predicted octanol–water partition coefficient (Wildman–Crippen LogP) is 6.38. The van der Waals surface area contributed by atoms with Crippen LogP contribution in [0.1, 0.15) is 71.4 Å². The first-order chi connectivity index (χ1) is 12.9. The summed E-state index contributed by atoms with van der Waals surface area (Å²) in [7, 11) is 0. The fraction of sp³-hybridized carbons (Fsp3) is 0.500. The molecule has 0 aliphatic heterocycles. The molecular formula is C24H36N2O. The van der Waals surface area contributed by atoms with Crippen LogP contribution >= 0.6 is 0 Å². The minimum Gasteiger partial charge on any atom is -0.369 e. The van der Waals surface area contributed by atoms with E-state index in [4.69, 9.17) is 10.7 Å². The number of hydrogen-bond donors (Lipinski definition) is 1. The molecule has 1 aromatic rings. The maximum atomic E-state index is 12.1. The third kappa shape index (κ3) is 5.92. The summed E-state index contributed by atoms with van der Waals surface area (Å²) < 4.78 is 0. The lowest BCUT2D eigenvalue weighted by Crippen LogP contribution is -2.34. The van der Waals surface area contributed by atoms with Gasteiger partial charge < -0.3 is 5.73 Å². The van der Waals surface area contributed by atoms with Gasteiger partial charge in [-0.25, -0.2) is 0 Å². The largest absolute Gasteiger partial charge is 0.369 e. The monoisotopic (exact) mass is 368 g/mol. The average Bonchev–Trinajstić information content (AvgIpc) is 3.48. The van der Waals surface area contributed by atoms with Crippen LogP contribution in [0.2, 0.25) is 0 Å².